The number of hydrogen-bond donors (Lipinski definition) is 2. The molecule has 0 fully saturated rings. The largest absolute Gasteiger partial charge is 0.484 e. The van der Waals surface area contributed by atoms with Gasteiger partial charge in [-0.3, -0.25) is 20.4 Å². The van der Waals surface area contributed by atoms with Crippen LogP contribution in [0, 0.1) is 0 Å². The second-order valence-corrected chi connectivity index (χ2v) is 5.72. The summed E-state index contributed by atoms with van der Waals surface area (Å²) in [5, 5.41) is 0. The Balaban J connectivity index is 2.26. The molecule has 5 nitrogen and oxygen atoms in total. The monoisotopic (exact) mass is 320 g/mol. The van der Waals surface area contributed by atoms with Crippen molar-refractivity contribution in [1.29, 1.82) is 0 Å². The standard InChI is InChI=1S/C18H28N2O3/c1-4-6-7-8-17(21)19-20-18(22)13-23-16-11-9-15(10-12-16)14(3)5-2/h9-12,14H,4-8,13H2,1-3H3,(H,19,21)(H,20,22)/t14-/m1/s1. The number of hydrazine groups is 1. The molecule has 1 rings (SSSR count). The molecule has 1 aromatic carbocycles. The van der Waals surface area contributed by atoms with E-state index in [9.17, 15) is 9.59 Å². The van der Waals surface area contributed by atoms with E-state index in [-0.39, 0.29) is 18.4 Å². The van der Waals surface area contributed by atoms with Crippen LogP contribution in [0.4, 0.5) is 0 Å². The lowest BCUT2D eigenvalue weighted by molar-refractivity contribution is -0.130. The quantitative estimate of drug-likeness (QED) is 0.542. The molecule has 0 unspecified atom stereocenters. The van der Waals surface area contributed by atoms with Crippen molar-refractivity contribution in [1.82, 2.24) is 10.9 Å². The maximum Gasteiger partial charge on any atom is 0.276 e. The number of hydrogen-bond acceptors (Lipinski definition) is 3. The first kappa shape index (κ1) is 19.0. The van der Waals surface area contributed by atoms with E-state index in [0.29, 0.717) is 18.1 Å². The van der Waals surface area contributed by atoms with Crippen LogP contribution in [0.1, 0.15) is 64.4 Å². The van der Waals surface area contributed by atoms with Gasteiger partial charge in [0.15, 0.2) is 6.61 Å². The molecule has 0 aliphatic heterocycles. The molecule has 0 heterocycles. The molecule has 0 bridgehead atoms. The van der Waals surface area contributed by atoms with Crippen LogP contribution >= 0.6 is 0 Å². The van der Waals surface area contributed by atoms with Crippen molar-refractivity contribution in [3.05, 3.63) is 29.8 Å². The molecule has 2 amide bonds. The van der Waals surface area contributed by atoms with Crippen molar-refractivity contribution in [3.8, 4) is 5.75 Å². The predicted octanol–water partition coefficient (Wildman–Crippen LogP) is 3.31. The Hall–Kier alpha value is -2.04. The Morgan fingerprint density at radius 3 is 2.30 bits per heavy atom. The Morgan fingerprint density at radius 2 is 1.70 bits per heavy atom. The molecular formula is C18H28N2O3. The number of amides is 2. The van der Waals surface area contributed by atoms with Crippen molar-refractivity contribution in [2.75, 3.05) is 6.61 Å². The minimum atomic E-state index is -0.375. The van der Waals surface area contributed by atoms with Gasteiger partial charge in [-0.15, -0.1) is 0 Å². The zero-order chi connectivity index (χ0) is 17.1. The van der Waals surface area contributed by atoms with E-state index < -0.39 is 0 Å². The lowest BCUT2D eigenvalue weighted by Crippen LogP contribution is -2.43. The van der Waals surface area contributed by atoms with E-state index in [0.717, 1.165) is 25.7 Å². The summed E-state index contributed by atoms with van der Waals surface area (Å²) in [6.45, 7) is 6.27. The van der Waals surface area contributed by atoms with E-state index in [1.807, 2.05) is 24.3 Å². The third-order valence-electron chi connectivity index (χ3n) is 3.78. The van der Waals surface area contributed by atoms with Crippen LogP contribution in [0.3, 0.4) is 0 Å². The highest BCUT2D eigenvalue weighted by atomic mass is 16.5. The lowest BCUT2D eigenvalue weighted by Gasteiger charge is -2.11. The van der Waals surface area contributed by atoms with Crippen molar-refractivity contribution < 1.29 is 14.3 Å². The van der Waals surface area contributed by atoms with E-state index >= 15 is 0 Å². The maximum atomic E-state index is 11.6. The van der Waals surface area contributed by atoms with Crippen molar-refractivity contribution in [2.45, 2.75) is 58.8 Å². The number of unbranched alkanes of at least 4 members (excludes halogenated alkanes) is 2. The predicted molar refractivity (Wildman–Crippen MR) is 91.1 cm³/mol. The van der Waals surface area contributed by atoms with Gasteiger partial charge in [0.2, 0.25) is 5.91 Å². The average Bonchev–Trinajstić information content (AvgIpc) is 2.58. The molecule has 0 saturated carbocycles. The smallest absolute Gasteiger partial charge is 0.276 e. The minimum Gasteiger partial charge on any atom is -0.484 e. The van der Waals surface area contributed by atoms with Gasteiger partial charge < -0.3 is 4.74 Å². The SMILES string of the molecule is CCCCCC(=O)NNC(=O)COc1ccc([C@H](C)CC)cc1. The van der Waals surface area contributed by atoms with Gasteiger partial charge in [-0.05, 0) is 36.5 Å². The molecule has 128 valence electrons. The van der Waals surface area contributed by atoms with Crippen molar-refractivity contribution in [2.24, 2.45) is 0 Å². The Labute approximate surface area is 138 Å². The first-order chi connectivity index (χ1) is 11.1. The summed E-state index contributed by atoms with van der Waals surface area (Å²) >= 11 is 0. The average molecular weight is 320 g/mol. The minimum absolute atomic E-state index is 0.127. The molecule has 0 saturated heterocycles. The molecule has 0 aliphatic rings. The van der Waals surface area contributed by atoms with Gasteiger partial charge in [0.25, 0.3) is 5.91 Å². The van der Waals surface area contributed by atoms with Crippen LogP contribution < -0.4 is 15.6 Å². The second kappa shape index (κ2) is 10.6. The van der Waals surface area contributed by atoms with Crippen LogP contribution in [0.2, 0.25) is 0 Å². The highest BCUT2D eigenvalue weighted by Crippen LogP contribution is 2.21. The number of rotatable bonds is 9. The zero-order valence-electron chi connectivity index (χ0n) is 14.4. The van der Waals surface area contributed by atoms with Gasteiger partial charge in [-0.2, -0.15) is 0 Å². The summed E-state index contributed by atoms with van der Waals surface area (Å²) in [5.41, 5.74) is 6.00. The maximum absolute atomic E-state index is 11.6. The van der Waals surface area contributed by atoms with E-state index in [4.69, 9.17) is 4.74 Å². The third-order valence-corrected chi connectivity index (χ3v) is 3.78. The molecule has 2 N–H and O–H groups in total. The molecule has 0 aromatic heterocycles. The highest BCUT2D eigenvalue weighted by molar-refractivity contribution is 5.82. The first-order valence-corrected chi connectivity index (χ1v) is 8.37. The van der Waals surface area contributed by atoms with Gasteiger partial charge in [-0.1, -0.05) is 45.7 Å². The fraction of sp³-hybridized carbons (Fsp3) is 0.556. The topological polar surface area (TPSA) is 67.4 Å². The first-order valence-electron chi connectivity index (χ1n) is 8.37. The van der Waals surface area contributed by atoms with Crippen LogP contribution in [0.15, 0.2) is 24.3 Å². The number of ether oxygens (including phenoxy) is 1. The van der Waals surface area contributed by atoms with Gasteiger partial charge in [0.1, 0.15) is 5.75 Å². The summed E-state index contributed by atoms with van der Waals surface area (Å²) in [5.74, 6) is 0.598. The fourth-order valence-corrected chi connectivity index (χ4v) is 2.05. The molecule has 0 spiro atoms. The Morgan fingerprint density at radius 1 is 1.04 bits per heavy atom. The molecule has 0 radical (unpaired) electrons. The van der Waals surface area contributed by atoms with Crippen molar-refractivity contribution >= 4 is 11.8 Å². The normalized spacial score (nSPS) is 11.6. The number of carbonyl (C=O) groups excluding carboxylic acids is 2. The molecule has 5 heteroatoms. The summed E-state index contributed by atoms with van der Waals surface area (Å²) in [6.07, 6.45) is 4.41. The van der Waals surface area contributed by atoms with Crippen LogP contribution in [-0.2, 0) is 9.59 Å². The number of nitrogens with one attached hydrogen (secondary N) is 2. The zero-order valence-corrected chi connectivity index (χ0v) is 14.4. The molecule has 1 aromatic rings. The molecular weight excluding hydrogens is 292 g/mol. The highest BCUT2D eigenvalue weighted by Gasteiger charge is 2.06. The van der Waals surface area contributed by atoms with Crippen molar-refractivity contribution in [3.63, 3.8) is 0 Å². The molecule has 0 aliphatic carbocycles. The molecule has 23 heavy (non-hydrogen) atoms. The lowest BCUT2D eigenvalue weighted by atomic mass is 9.99. The Bertz CT molecular complexity index is 486. The van der Waals surface area contributed by atoms with E-state index in [1.165, 1.54) is 5.56 Å². The summed E-state index contributed by atoms with van der Waals surface area (Å²) in [4.78, 5) is 23.1. The van der Waals surface area contributed by atoms with E-state index in [2.05, 4.69) is 31.6 Å². The molecule has 1 atom stereocenters. The number of benzene rings is 1. The van der Waals surface area contributed by atoms with Gasteiger partial charge in [-0.25, -0.2) is 0 Å². The van der Waals surface area contributed by atoms with E-state index in [1.54, 1.807) is 0 Å². The summed E-state index contributed by atoms with van der Waals surface area (Å²) < 4.78 is 5.40. The van der Waals surface area contributed by atoms with Gasteiger partial charge in [0, 0.05) is 6.42 Å². The second-order valence-electron chi connectivity index (χ2n) is 5.72. The third kappa shape index (κ3) is 7.68. The van der Waals surface area contributed by atoms with Crippen LogP contribution in [0.25, 0.3) is 0 Å². The van der Waals surface area contributed by atoms with Crippen LogP contribution in [-0.4, -0.2) is 18.4 Å². The summed E-state index contributed by atoms with van der Waals surface area (Å²) in [7, 11) is 0. The van der Waals surface area contributed by atoms with Crippen LogP contribution in [0.5, 0.6) is 5.75 Å². The Kier molecular flexibility index (Phi) is 8.80. The number of carbonyl (C=O) groups is 2. The fourth-order valence-electron chi connectivity index (χ4n) is 2.05. The van der Waals surface area contributed by atoms with Gasteiger partial charge in [0.05, 0.1) is 0 Å². The van der Waals surface area contributed by atoms with Gasteiger partial charge >= 0.3 is 0 Å². The summed E-state index contributed by atoms with van der Waals surface area (Å²) in [6, 6.07) is 7.74.